The maximum absolute atomic E-state index is 5.92. The Bertz CT molecular complexity index is 301. The number of nitrogens with zero attached hydrogens (tertiary/aromatic N) is 3. The van der Waals surface area contributed by atoms with Crippen molar-refractivity contribution in [1.82, 2.24) is 13.7 Å². The molecule has 0 rings (SSSR count). The molecule has 0 atom stereocenters. The van der Waals surface area contributed by atoms with Crippen LogP contribution in [0.5, 0.6) is 0 Å². The molecule has 0 amide bonds. The maximum atomic E-state index is 5.92. The van der Waals surface area contributed by atoms with Gasteiger partial charge in [0, 0.05) is 19.8 Å². The molecule has 6 nitrogen and oxygen atoms in total. The molecule has 0 spiro atoms. The molecule has 0 aromatic heterocycles. The van der Waals surface area contributed by atoms with Gasteiger partial charge in [-0.05, 0) is 68.8 Å². The van der Waals surface area contributed by atoms with Gasteiger partial charge in [0.2, 0.25) is 0 Å². The van der Waals surface area contributed by atoms with Crippen LogP contribution in [0.4, 0.5) is 0 Å². The van der Waals surface area contributed by atoms with E-state index in [1.165, 1.54) is 0 Å². The first-order valence-corrected chi connectivity index (χ1v) is 11.6. The normalized spacial score (nSPS) is 14.0. The van der Waals surface area contributed by atoms with E-state index in [4.69, 9.17) is 13.3 Å². The fourth-order valence-corrected chi connectivity index (χ4v) is 9.49. The summed E-state index contributed by atoms with van der Waals surface area (Å²) in [5.41, 5.74) is 4.32. The van der Waals surface area contributed by atoms with Gasteiger partial charge in [-0.1, -0.05) is 5.70 Å². The molecule has 132 valence electrons. The van der Waals surface area contributed by atoms with Crippen molar-refractivity contribution < 1.29 is 13.3 Å². The summed E-state index contributed by atoms with van der Waals surface area (Å²) < 4.78 is 24.6. The Labute approximate surface area is 139 Å². The topological polar surface area (TPSA) is 37.4 Å². The molecule has 0 bridgehead atoms. The quantitative estimate of drug-likeness (QED) is 0.523. The monoisotopic (exact) mass is 349 g/mol. The van der Waals surface area contributed by atoms with Crippen LogP contribution in [0, 0.1) is 0 Å². The van der Waals surface area contributed by atoms with Gasteiger partial charge in [-0.2, -0.15) is 0 Å². The molecule has 0 aliphatic heterocycles. The van der Waals surface area contributed by atoms with Crippen LogP contribution in [0.3, 0.4) is 0 Å². The van der Waals surface area contributed by atoms with Crippen molar-refractivity contribution in [3.05, 3.63) is 11.4 Å². The molecule has 0 N–H and O–H groups in total. The van der Waals surface area contributed by atoms with Crippen LogP contribution in [-0.4, -0.2) is 93.2 Å². The lowest BCUT2D eigenvalue weighted by molar-refractivity contribution is 0.0842. The van der Waals surface area contributed by atoms with Crippen molar-refractivity contribution in [2.75, 3.05) is 62.1 Å². The van der Waals surface area contributed by atoms with E-state index < -0.39 is 17.4 Å². The van der Waals surface area contributed by atoms with Crippen molar-refractivity contribution in [3.63, 3.8) is 0 Å². The largest absolute Gasteiger partial charge is 0.529 e. The third-order valence-electron chi connectivity index (χ3n) is 3.52. The van der Waals surface area contributed by atoms with Crippen molar-refractivity contribution in [1.29, 1.82) is 0 Å². The van der Waals surface area contributed by atoms with Gasteiger partial charge >= 0.3 is 17.4 Å². The summed E-state index contributed by atoms with van der Waals surface area (Å²) in [6.45, 7) is 7.66. The van der Waals surface area contributed by atoms with Crippen LogP contribution in [0.2, 0.25) is 0 Å². The molecule has 0 aromatic carbocycles. The summed E-state index contributed by atoms with van der Waals surface area (Å²) in [5.74, 6) is 0. The molecule has 0 saturated heterocycles. The highest BCUT2D eigenvalue weighted by molar-refractivity contribution is 6.79. The van der Waals surface area contributed by atoms with Gasteiger partial charge in [0.15, 0.2) is 0 Å². The van der Waals surface area contributed by atoms with E-state index in [0.717, 1.165) is 0 Å². The van der Waals surface area contributed by atoms with E-state index in [1.54, 1.807) is 0 Å². The highest BCUT2D eigenvalue weighted by Gasteiger charge is 2.44. The lowest BCUT2D eigenvalue weighted by Gasteiger charge is -2.44. The van der Waals surface area contributed by atoms with Gasteiger partial charge in [-0.3, -0.25) is 0 Å². The first kappa shape index (κ1) is 21.9. The summed E-state index contributed by atoms with van der Waals surface area (Å²) in [6.07, 6.45) is 0. The summed E-state index contributed by atoms with van der Waals surface area (Å²) in [7, 11) is 7.80. The summed E-state index contributed by atoms with van der Waals surface area (Å²) in [5, 5.41) is 0. The lowest BCUT2D eigenvalue weighted by Crippen LogP contribution is -2.69. The molecule has 0 fully saturated rings. The minimum absolute atomic E-state index is 0.580. The van der Waals surface area contributed by atoms with Gasteiger partial charge in [0.25, 0.3) is 0 Å². The van der Waals surface area contributed by atoms with E-state index in [1.807, 2.05) is 20.8 Å². The average molecular weight is 350 g/mol. The molecule has 0 saturated carbocycles. The Balaban J connectivity index is 5.73. The van der Waals surface area contributed by atoms with Crippen LogP contribution < -0.4 is 0 Å². The van der Waals surface area contributed by atoms with Crippen molar-refractivity contribution in [2.45, 2.75) is 20.8 Å². The average Bonchev–Trinajstić information content (AvgIpc) is 2.39. The molecule has 8 heteroatoms. The molecule has 0 aliphatic carbocycles. The Morgan fingerprint density at radius 1 is 0.636 bits per heavy atom. The lowest BCUT2D eigenvalue weighted by atomic mass is 10.9. The van der Waals surface area contributed by atoms with Crippen LogP contribution in [0.1, 0.15) is 20.8 Å². The van der Waals surface area contributed by atoms with Gasteiger partial charge in [0.1, 0.15) is 0 Å². The predicted octanol–water partition coefficient (Wildman–Crippen LogP) is 1.29. The smallest absolute Gasteiger partial charge is 0.371 e. The second-order valence-electron chi connectivity index (χ2n) is 5.61. The zero-order valence-electron chi connectivity index (χ0n) is 15.8. The zero-order chi connectivity index (χ0) is 17.4. The van der Waals surface area contributed by atoms with E-state index >= 15 is 0 Å². The van der Waals surface area contributed by atoms with Gasteiger partial charge in [0.05, 0.1) is 0 Å². The number of rotatable bonds is 11. The van der Waals surface area contributed by atoms with Crippen molar-refractivity contribution >= 4 is 17.4 Å². The molecular weight excluding hydrogens is 314 g/mol. The molecule has 0 unspecified atom stereocenters. The second-order valence-corrected chi connectivity index (χ2v) is 12.4. The predicted molar refractivity (Wildman–Crippen MR) is 96.6 cm³/mol. The zero-order valence-corrected chi connectivity index (χ0v) is 17.8. The SMILES string of the molecule is CCO[Si](/C=C/[Si](N(C)C)(N(C)C)N(C)C)(OCC)OCC. The van der Waals surface area contributed by atoms with Crippen molar-refractivity contribution in [3.8, 4) is 0 Å². The Morgan fingerprint density at radius 2 is 0.955 bits per heavy atom. The molecule has 0 radical (unpaired) electrons. The van der Waals surface area contributed by atoms with Gasteiger partial charge in [-0.25, -0.2) is 0 Å². The second kappa shape index (κ2) is 9.94. The third-order valence-corrected chi connectivity index (χ3v) is 11.1. The van der Waals surface area contributed by atoms with E-state index in [9.17, 15) is 0 Å². The van der Waals surface area contributed by atoms with Crippen LogP contribution in [-0.2, 0) is 13.3 Å². The highest BCUT2D eigenvalue weighted by Crippen LogP contribution is 2.19. The third kappa shape index (κ3) is 5.24. The maximum Gasteiger partial charge on any atom is 0.529 e. The standard InChI is InChI=1S/C14H35N3O3Si2/c1-10-18-22(19-11-2,20-12-3)14-13-21(15(4)5,16(6)7)17(8)9/h13-14H,10-12H2,1-9H3/b14-13+. The summed E-state index contributed by atoms with van der Waals surface area (Å²) in [6, 6.07) is 0. The summed E-state index contributed by atoms with van der Waals surface area (Å²) in [4.78, 5) is 0. The van der Waals surface area contributed by atoms with Gasteiger partial charge < -0.3 is 27.0 Å². The van der Waals surface area contributed by atoms with E-state index in [-0.39, 0.29) is 0 Å². The first-order valence-electron chi connectivity index (χ1n) is 7.86. The fourth-order valence-electron chi connectivity index (χ4n) is 2.73. The van der Waals surface area contributed by atoms with Crippen LogP contribution in [0.15, 0.2) is 11.4 Å². The first-order chi connectivity index (χ1) is 10.2. The summed E-state index contributed by atoms with van der Waals surface area (Å²) >= 11 is 0. The highest BCUT2D eigenvalue weighted by atomic mass is 28.4. The van der Waals surface area contributed by atoms with Gasteiger partial charge in [-0.15, -0.1) is 0 Å². The Hall–Kier alpha value is -0.0662. The fraction of sp³-hybridized carbons (Fsp3) is 0.857. The Kier molecular flexibility index (Phi) is 9.91. The number of hydrogen-bond donors (Lipinski definition) is 0. The minimum atomic E-state index is -2.77. The Morgan fingerprint density at radius 3 is 1.18 bits per heavy atom. The molecule has 0 heterocycles. The minimum Gasteiger partial charge on any atom is -0.371 e. The molecule has 22 heavy (non-hydrogen) atoms. The molecule has 0 aromatic rings. The van der Waals surface area contributed by atoms with E-state index in [0.29, 0.717) is 19.8 Å². The van der Waals surface area contributed by atoms with Crippen molar-refractivity contribution in [2.24, 2.45) is 0 Å². The number of hydrogen-bond acceptors (Lipinski definition) is 6. The van der Waals surface area contributed by atoms with Crippen LogP contribution >= 0.6 is 0 Å². The molecular formula is C14H35N3O3Si2. The molecule has 0 aliphatic rings. The van der Waals surface area contributed by atoms with Crippen LogP contribution in [0.25, 0.3) is 0 Å². The van der Waals surface area contributed by atoms with E-state index in [2.05, 4.69) is 67.4 Å².